The predicted molar refractivity (Wildman–Crippen MR) is 138 cm³/mol. The fourth-order valence-electron chi connectivity index (χ4n) is 4.38. The molecule has 0 unspecified atom stereocenters. The maximum absolute atomic E-state index is 14.2. The molecule has 1 aliphatic heterocycles. The van der Waals surface area contributed by atoms with Crippen molar-refractivity contribution in [2.24, 2.45) is 0 Å². The summed E-state index contributed by atoms with van der Waals surface area (Å²) in [7, 11) is 0. The van der Waals surface area contributed by atoms with Gasteiger partial charge in [0.15, 0.2) is 0 Å². The van der Waals surface area contributed by atoms with Crippen LogP contribution < -0.4 is 9.64 Å². The second kappa shape index (κ2) is 12.4. The van der Waals surface area contributed by atoms with Gasteiger partial charge >= 0.3 is 6.08 Å². The van der Waals surface area contributed by atoms with Gasteiger partial charge in [-0.15, -0.1) is 0 Å². The summed E-state index contributed by atoms with van der Waals surface area (Å²) in [6.45, 7) is 11.9. The van der Waals surface area contributed by atoms with E-state index in [1.807, 2.05) is 25.6 Å². The lowest BCUT2D eigenvalue weighted by Crippen LogP contribution is -2.27. The number of fused-ring (bicyclic) bond motifs is 1. The van der Waals surface area contributed by atoms with Gasteiger partial charge in [0, 0.05) is 36.3 Å². The molecule has 0 amide bonds. The van der Waals surface area contributed by atoms with Crippen molar-refractivity contribution in [3.63, 3.8) is 0 Å². The normalized spacial score (nSPS) is 12.5. The number of ether oxygens (including phenoxy) is 1. The average molecular weight is 472 g/mol. The van der Waals surface area contributed by atoms with Crippen molar-refractivity contribution in [3.8, 4) is 5.75 Å². The van der Waals surface area contributed by atoms with Crippen LogP contribution >= 0.6 is 11.8 Å². The van der Waals surface area contributed by atoms with Crippen LogP contribution in [0.4, 0.5) is 10.2 Å². The zero-order chi connectivity index (χ0) is 23.8. The molecular weight excluding hydrogens is 433 g/mol. The summed E-state index contributed by atoms with van der Waals surface area (Å²) < 4.78 is 20.0. The van der Waals surface area contributed by atoms with Crippen LogP contribution in [0.25, 0.3) is 0 Å². The zero-order valence-corrected chi connectivity index (χ0v) is 21.5. The Labute approximate surface area is 203 Å². The molecule has 6 heteroatoms. The van der Waals surface area contributed by atoms with Gasteiger partial charge in [-0.2, -0.15) is 21.1 Å². The van der Waals surface area contributed by atoms with Crippen LogP contribution in [0.15, 0.2) is 24.4 Å². The fourth-order valence-corrected chi connectivity index (χ4v) is 4.87. The number of anilines is 1. The van der Waals surface area contributed by atoms with Crippen LogP contribution in [-0.4, -0.2) is 35.1 Å². The highest BCUT2D eigenvalue weighted by atomic mass is 32.2. The Morgan fingerprint density at radius 1 is 1.09 bits per heavy atom. The van der Waals surface area contributed by atoms with Crippen molar-refractivity contribution < 1.29 is 9.13 Å². The van der Waals surface area contributed by atoms with Crippen molar-refractivity contribution in [1.29, 1.82) is 0 Å². The summed E-state index contributed by atoms with van der Waals surface area (Å²) in [5, 5.41) is 0. The Bertz CT molecular complexity index is 963. The third-order valence-corrected chi connectivity index (χ3v) is 7.19. The number of hydrogen-bond donors (Lipinski definition) is 0. The second-order valence-electron chi connectivity index (χ2n) is 9.02. The standard InChI is InChI=1S/C27H38FN3OS/c1-19-16-23-12-14-32-25(23)18-24(19)17-20(2)31(13-10-8-6-7-9-11-15-33-5)26-21(3)22(4)29-27(28)30-26/h16,18H,2,6-15,17H2,1,3-5H3. The lowest BCUT2D eigenvalue weighted by molar-refractivity contribution is 0.356. The van der Waals surface area contributed by atoms with E-state index in [-0.39, 0.29) is 0 Å². The number of unbranched alkanes of at least 4 members (excludes halogenated alkanes) is 5. The molecule has 0 bridgehead atoms. The van der Waals surface area contributed by atoms with Gasteiger partial charge in [-0.3, -0.25) is 0 Å². The number of aryl methyl sites for hydroxylation is 2. The maximum Gasteiger partial charge on any atom is 0.310 e. The van der Waals surface area contributed by atoms with Crippen molar-refractivity contribution in [2.75, 3.05) is 30.1 Å². The van der Waals surface area contributed by atoms with E-state index in [4.69, 9.17) is 4.74 Å². The molecule has 4 nitrogen and oxygen atoms in total. The fraction of sp³-hybridized carbons (Fsp3) is 0.556. The molecular formula is C27H38FN3OS. The first-order chi connectivity index (χ1) is 15.9. The molecule has 1 aliphatic rings. The maximum atomic E-state index is 14.2. The van der Waals surface area contributed by atoms with Gasteiger partial charge in [-0.1, -0.05) is 38.3 Å². The van der Waals surface area contributed by atoms with Crippen LogP contribution in [0.2, 0.25) is 0 Å². The molecule has 2 aromatic rings. The number of hydrogen-bond acceptors (Lipinski definition) is 5. The molecule has 0 saturated heterocycles. The number of thioether (sulfide) groups is 1. The average Bonchev–Trinajstić information content (AvgIpc) is 3.22. The van der Waals surface area contributed by atoms with Crippen LogP contribution in [0, 0.1) is 26.8 Å². The monoisotopic (exact) mass is 471 g/mol. The van der Waals surface area contributed by atoms with Gasteiger partial charge < -0.3 is 9.64 Å². The Morgan fingerprint density at radius 3 is 2.58 bits per heavy atom. The number of rotatable bonds is 13. The topological polar surface area (TPSA) is 38.2 Å². The SMILES string of the molecule is C=C(Cc1cc2c(cc1C)CCO2)N(CCCCCCCCSC)c1nc(F)nc(C)c1C. The molecule has 0 N–H and O–H groups in total. The largest absolute Gasteiger partial charge is 0.493 e. The van der Waals surface area contributed by atoms with Gasteiger partial charge in [0.2, 0.25) is 0 Å². The highest BCUT2D eigenvalue weighted by Crippen LogP contribution is 2.31. The Morgan fingerprint density at radius 2 is 1.82 bits per heavy atom. The minimum atomic E-state index is -0.679. The van der Waals surface area contributed by atoms with E-state index in [0.717, 1.165) is 49.4 Å². The molecule has 0 saturated carbocycles. The van der Waals surface area contributed by atoms with Gasteiger partial charge in [0.1, 0.15) is 11.6 Å². The zero-order valence-electron chi connectivity index (χ0n) is 20.7. The summed E-state index contributed by atoms with van der Waals surface area (Å²) in [4.78, 5) is 10.2. The molecule has 0 atom stereocenters. The molecule has 0 spiro atoms. The third kappa shape index (κ3) is 6.95. The van der Waals surface area contributed by atoms with E-state index < -0.39 is 6.08 Å². The molecule has 0 radical (unpaired) electrons. The van der Waals surface area contributed by atoms with Gasteiger partial charge in [-0.25, -0.2) is 4.98 Å². The summed E-state index contributed by atoms with van der Waals surface area (Å²) >= 11 is 1.92. The molecule has 3 rings (SSSR count). The van der Waals surface area contributed by atoms with Crippen molar-refractivity contribution in [1.82, 2.24) is 9.97 Å². The lowest BCUT2D eigenvalue weighted by Gasteiger charge is -2.28. The highest BCUT2D eigenvalue weighted by Gasteiger charge is 2.20. The Hall–Kier alpha value is -2.08. The van der Waals surface area contributed by atoms with Crippen LogP contribution in [-0.2, 0) is 12.8 Å². The quantitative estimate of drug-likeness (QED) is 0.239. The lowest BCUT2D eigenvalue weighted by atomic mass is 9.99. The van der Waals surface area contributed by atoms with Gasteiger partial charge in [-0.05, 0) is 68.4 Å². The van der Waals surface area contributed by atoms with Crippen LogP contribution in [0.5, 0.6) is 5.75 Å². The molecule has 180 valence electrons. The molecule has 0 fully saturated rings. The third-order valence-electron chi connectivity index (χ3n) is 6.50. The first-order valence-corrected chi connectivity index (χ1v) is 13.5. The summed E-state index contributed by atoms with van der Waals surface area (Å²) in [6.07, 6.45) is 10.4. The predicted octanol–water partition coefficient (Wildman–Crippen LogP) is 6.74. The minimum absolute atomic E-state index is 0.639. The van der Waals surface area contributed by atoms with Crippen LogP contribution in [0.3, 0.4) is 0 Å². The van der Waals surface area contributed by atoms with Crippen molar-refractivity contribution in [2.45, 2.75) is 72.1 Å². The van der Waals surface area contributed by atoms with E-state index in [2.05, 4.69) is 46.8 Å². The molecule has 2 heterocycles. The van der Waals surface area contributed by atoms with Crippen molar-refractivity contribution >= 4 is 17.6 Å². The number of halogens is 1. The van der Waals surface area contributed by atoms with Crippen LogP contribution in [0.1, 0.15) is 66.5 Å². The van der Waals surface area contributed by atoms with E-state index in [1.54, 1.807) is 0 Å². The number of benzene rings is 1. The Kier molecular flexibility index (Phi) is 9.60. The minimum Gasteiger partial charge on any atom is -0.493 e. The molecule has 33 heavy (non-hydrogen) atoms. The first kappa shape index (κ1) is 25.5. The number of allylic oxidation sites excluding steroid dienone is 1. The van der Waals surface area contributed by atoms with E-state index in [9.17, 15) is 4.39 Å². The van der Waals surface area contributed by atoms with Gasteiger partial charge in [0.25, 0.3) is 0 Å². The molecule has 1 aromatic heterocycles. The van der Waals surface area contributed by atoms with E-state index in [0.29, 0.717) is 17.9 Å². The smallest absolute Gasteiger partial charge is 0.310 e. The van der Waals surface area contributed by atoms with E-state index >= 15 is 0 Å². The van der Waals surface area contributed by atoms with Gasteiger partial charge in [0.05, 0.1) is 6.61 Å². The molecule has 1 aromatic carbocycles. The highest BCUT2D eigenvalue weighted by molar-refractivity contribution is 7.98. The Balaban J connectivity index is 1.71. The summed E-state index contributed by atoms with van der Waals surface area (Å²) in [5.41, 5.74) is 6.22. The second-order valence-corrected chi connectivity index (χ2v) is 10.0. The summed E-state index contributed by atoms with van der Waals surface area (Å²) in [5.74, 6) is 2.87. The summed E-state index contributed by atoms with van der Waals surface area (Å²) in [6, 6.07) is 4.38. The van der Waals surface area contributed by atoms with E-state index in [1.165, 1.54) is 48.1 Å². The van der Waals surface area contributed by atoms with Crippen molar-refractivity contribution in [3.05, 3.63) is 58.4 Å². The number of nitrogens with zero attached hydrogens (tertiary/aromatic N) is 3. The number of aromatic nitrogens is 2. The molecule has 0 aliphatic carbocycles. The first-order valence-electron chi connectivity index (χ1n) is 12.1.